The molecule has 0 aliphatic carbocycles. The van der Waals surface area contributed by atoms with Crippen LogP contribution >= 0.6 is 11.6 Å². The monoisotopic (exact) mass is 249 g/mol. The van der Waals surface area contributed by atoms with Gasteiger partial charge in [0.1, 0.15) is 11.0 Å². The van der Waals surface area contributed by atoms with Crippen molar-refractivity contribution >= 4 is 21.6 Å². The van der Waals surface area contributed by atoms with E-state index in [-0.39, 0.29) is 6.54 Å². The number of nitrogens with one attached hydrogen (secondary N) is 1. The van der Waals surface area contributed by atoms with Gasteiger partial charge in [-0.1, -0.05) is 12.1 Å². The van der Waals surface area contributed by atoms with Gasteiger partial charge in [0.25, 0.3) is 0 Å². The lowest BCUT2D eigenvalue weighted by Gasteiger charge is -2.04. The van der Waals surface area contributed by atoms with Crippen LogP contribution in [0.25, 0.3) is 0 Å². The van der Waals surface area contributed by atoms with Crippen LogP contribution < -0.4 is 9.46 Å². The fourth-order valence-electron chi connectivity index (χ4n) is 0.975. The van der Waals surface area contributed by atoms with Crippen LogP contribution in [0.3, 0.4) is 0 Å². The Morgan fingerprint density at radius 2 is 1.93 bits per heavy atom. The van der Waals surface area contributed by atoms with Crippen LogP contribution in [0.1, 0.15) is 5.56 Å². The predicted octanol–water partition coefficient (Wildman–Crippen LogP) is 1.31. The van der Waals surface area contributed by atoms with Crippen LogP contribution in [-0.2, 0) is 16.6 Å². The number of hydrogen-bond acceptors (Lipinski definition) is 3. The molecule has 6 heteroatoms. The van der Waals surface area contributed by atoms with E-state index in [2.05, 4.69) is 4.72 Å². The molecule has 0 fully saturated rings. The molecule has 0 unspecified atom stereocenters. The van der Waals surface area contributed by atoms with Crippen molar-refractivity contribution in [2.24, 2.45) is 0 Å². The third kappa shape index (κ3) is 4.07. The molecule has 0 atom stereocenters. The number of ether oxygens (including phenoxy) is 1. The van der Waals surface area contributed by atoms with Gasteiger partial charge in [-0.15, -0.1) is 11.6 Å². The Kier molecular flexibility index (Phi) is 4.38. The summed E-state index contributed by atoms with van der Waals surface area (Å²) in [5, 5.41) is -0.427. The standard InChI is InChI=1S/C9H12ClNO3S/c1-14-9-4-2-8(3-5-9)6-11-15(12,13)7-10/h2-5,11H,6-7H2,1H3. The summed E-state index contributed by atoms with van der Waals surface area (Å²) in [7, 11) is -1.77. The van der Waals surface area contributed by atoms with Crippen molar-refractivity contribution in [3.63, 3.8) is 0 Å². The molecule has 0 bridgehead atoms. The van der Waals surface area contributed by atoms with E-state index >= 15 is 0 Å². The van der Waals surface area contributed by atoms with Crippen molar-refractivity contribution in [2.45, 2.75) is 6.54 Å². The molecular formula is C9H12ClNO3S. The highest BCUT2D eigenvalue weighted by Gasteiger charge is 2.06. The van der Waals surface area contributed by atoms with E-state index in [0.29, 0.717) is 0 Å². The van der Waals surface area contributed by atoms with E-state index in [4.69, 9.17) is 16.3 Å². The SMILES string of the molecule is COc1ccc(CNS(=O)(=O)CCl)cc1. The van der Waals surface area contributed by atoms with Gasteiger partial charge >= 0.3 is 0 Å². The van der Waals surface area contributed by atoms with Gasteiger partial charge in [0.15, 0.2) is 0 Å². The highest BCUT2D eigenvalue weighted by atomic mass is 35.5. The van der Waals surface area contributed by atoms with Crippen molar-refractivity contribution in [1.29, 1.82) is 0 Å². The third-order valence-electron chi connectivity index (χ3n) is 1.80. The molecule has 0 amide bonds. The first-order valence-electron chi connectivity index (χ1n) is 4.23. The molecule has 0 aliphatic heterocycles. The molecule has 1 aromatic carbocycles. The maximum absolute atomic E-state index is 11.0. The van der Waals surface area contributed by atoms with Crippen molar-refractivity contribution in [3.8, 4) is 5.75 Å². The number of halogens is 1. The number of hydrogen-bond donors (Lipinski definition) is 1. The van der Waals surface area contributed by atoms with Crippen LogP contribution in [-0.4, -0.2) is 20.7 Å². The predicted molar refractivity (Wildman–Crippen MR) is 59.5 cm³/mol. The van der Waals surface area contributed by atoms with E-state index in [9.17, 15) is 8.42 Å². The van der Waals surface area contributed by atoms with Gasteiger partial charge in [0.2, 0.25) is 10.0 Å². The fraction of sp³-hybridized carbons (Fsp3) is 0.333. The van der Waals surface area contributed by atoms with Crippen LogP contribution in [0.5, 0.6) is 5.75 Å². The second-order valence-electron chi connectivity index (χ2n) is 2.89. The van der Waals surface area contributed by atoms with E-state index in [1.54, 1.807) is 31.4 Å². The van der Waals surface area contributed by atoms with Crippen molar-refractivity contribution in [3.05, 3.63) is 29.8 Å². The van der Waals surface area contributed by atoms with Crippen molar-refractivity contribution < 1.29 is 13.2 Å². The Balaban J connectivity index is 2.59. The van der Waals surface area contributed by atoms with Crippen molar-refractivity contribution in [2.75, 3.05) is 12.3 Å². The first-order chi connectivity index (χ1) is 7.07. The summed E-state index contributed by atoms with van der Waals surface area (Å²) in [5.41, 5.74) is 0.851. The second kappa shape index (κ2) is 5.34. The summed E-state index contributed by atoms with van der Waals surface area (Å²) in [6.45, 7) is 0.235. The summed E-state index contributed by atoms with van der Waals surface area (Å²) in [5.74, 6) is 0.735. The normalized spacial score (nSPS) is 11.3. The fourth-order valence-corrected chi connectivity index (χ4v) is 1.67. The molecule has 0 saturated heterocycles. The molecular weight excluding hydrogens is 238 g/mol. The van der Waals surface area contributed by atoms with E-state index in [1.165, 1.54) is 0 Å². The number of sulfonamides is 1. The van der Waals surface area contributed by atoms with E-state index < -0.39 is 15.2 Å². The maximum Gasteiger partial charge on any atom is 0.225 e. The average molecular weight is 250 g/mol. The van der Waals surface area contributed by atoms with E-state index in [0.717, 1.165) is 11.3 Å². The quantitative estimate of drug-likeness (QED) is 0.801. The van der Waals surface area contributed by atoms with Gasteiger partial charge in [0.05, 0.1) is 7.11 Å². The smallest absolute Gasteiger partial charge is 0.225 e. The Morgan fingerprint density at radius 3 is 2.40 bits per heavy atom. The molecule has 1 rings (SSSR count). The van der Waals surface area contributed by atoms with E-state index in [1.807, 2.05) is 0 Å². The minimum absolute atomic E-state index is 0.235. The number of benzene rings is 1. The summed E-state index contributed by atoms with van der Waals surface area (Å²) in [6, 6.07) is 7.11. The minimum Gasteiger partial charge on any atom is -0.497 e. The molecule has 4 nitrogen and oxygen atoms in total. The second-order valence-corrected chi connectivity index (χ2v) is 5.28. The third-order valence-corrected chi connectivity index (χ3v) is 3.53. The van der Waals surface area contributed by atoms with Crippen LogP contribution in [0.15, 0.2) is 24.3 Å². The first-order valence-corrected chi connectivity index (χ1v) is 6.42. The molecule has 15 heavy (non-hydrogen) atoms. The molecule has 0 saturated carbocycles. The van der Waals surface area contributed by atoms with Gasteiger partial charge in [-0.05, 0) is 17.7 Å². The average Bonchev–Trinajstić information content (AvgIpc) is 2.27. The van der Waals surface area contributed by atoms with Gasteiger partial charge in [0, 0.05) is 6.54 Å². The molecule has 0 aliphatic rings. The van der Waals surface area contributed by atoms with Crippen LogP contribution in [0.4, 0.5) is 0 Å². The highest BCUT2D eigenvalue weighted by molar-refractivity contribution is 7.90. The molecule has 1 aromatic rings. The first kappa shape index (κ1) is 12.3. The Morgan fingerprint density at radius 1 is 1.33 bits per heavy atom. The molecule has 0 spiro atoms. The largest absolute Gasteiger partial charge is 0.497 e. The van der Waals surface area contributed by atoms with Crippen LogP contribution in [0.2, 0.25) is 0 Å². The maximum atomic E-state index is 11.0. The van der Waals surface area contributed by atoms with Gasteiger partial charge in [-0.2, -0.15) is 0 Å². The molecule has 0 heterocycles. The Hall–Kier alpha value is -0.780. The summed E-state index contributed by atoms with van der Waals surface area (Å²) < 4.78 is 29.4. The summed E-state index contributed by atoms with van der Waals surface area (Å²) in [6.07, 6.45) is 0. The van der Waals surface area contributed by atoms with Gasteiger partial charge in [-0.25, -0.2) is 13.1 Å². The Bertz CT molecular complexity index is 402. The molecule has 1 N–H and O–H groups in total. The van der Waals surface area contributed by atoms with Crippen LogP contribution in [0, 0.1) is 0 Å². The zero-order chi connectivity index (χ0) is 11.3. The minimum atomic E-state index is -3.35. The lowest BCUT2D eigenvalue weighted by Crippen LogP contribution is -2.23. The molecule has 84 valence electrons. The Labute approximate surface area is 94.3 Å². The summed E-state index contributed by atoms with van der Waals surface area (Å²) >= 11 is 5.24. The topological polar surface area (TPSA) is 55.4 Å². The number of rotatable bonds is 5. The van der Waals surface area contributed by atoms with Crippen molar-refractivity contribution in [1.82, 2.24) is 4.72 Å². The lowest BCUT2D eigenvalue weighted by molar-refractivity contribution is 0.414. The zero-order valence-electron chi connectivity index (χ0n) is 8.23. The lowest BCUT2D eigenvalue weighted by atomic mass is 10.2. The van der Waals surface area contributed by atoms with Gasteiger partial charge < -0.3 is 4.74 Å². The number of methoxy groups -OCH3 is 1. The molecule has 0 aromatic heterocycles. The van der Waals surface area contributed by atoms with Gasteiger partial charge in [-0.3, -0.25) is 0 Å². The highest BCUT2D eigenvalue weighted by Crippen LogP contribution is 2.11. The zero-order valence-corrected chi connectivity index (χ0v) is 9.81. The summed E-state index contributed by atoms with van der Waals surface area (Å²) in [4.78, 5) is 0. The molecule has 0 radical (unpaired) electrons. The number of alkyl halides is 1.